The molecule has 0 saturated carbocycles. The van der Waals surface area contributed by atoms with Crippen LogP contribution in [0.3, 0.4) is 0 Å². The summed E-state index contributed by atoms with van der Waals surface area (Å²) in [5.74, 6) is 0. The molecule has 1 heterocycles. The summed E-state index contributed by atoms with van der Waals surface area (Å²) in [7, 11) is 9.82. The molecule has 1 aliphatic heterocycles. The Morgan fingerprint density at radius 2 is 2.23 bits per heavy atom. The second-order valence-electron chi connectivity index (χ2n) is 2.93. The minimum absolute atomic E-state index is 0.250. The average molecular weight is 280 g/mol. The number of hydrogen-bond donors (Lipinski definition) is 0. The molecule has 0 saturated heterocycles. The van der Waals surface area contributed by atoms with E-state index in [1.54, 1.807) is 0 Å². The Hall–Kier alpha value is -0.0205. The number of hydrogen-bond acceptors (Lipinski definition) is 2. The van der Waals surface area contributed by atoms with Gasteiger partial charge < -0.3 is 0 Å². The summed E-state index contributed by atoms with van der Waals surface area (Å²) in [5, 5.41) is 0. The van der Waals surface area contributed by atoms with E-state index in [0.717, 1.165) is 5.69 Å². The Bertz CT molecular complexity index is 378. The average Bonchev–Trinajstić information content (AvgIpc) is 2.42. The van der Waals surface area contributed by atoms with Crippen LogP contribution in [-0.4, -0.2) is 27.9 Å². The van der Waals surface area contributed by atoms with Crippen LogP contribution in [0, 0.1) is 0 Å². The molecule has 13 heavy (non-hydrogen) atoms. The van der Waals surface area contributed by atoms with Crippen molar-refractivity contribution in [2.24, 2.45) is 4.36 Å². The van der Waals surface area contributed by atoms with Gasteiger partial charge in [0.25, 0.3) is 0 Å². The van der Waals surface area contributed by atoms with Gasteiger partial charge in [-0.1, -0.05) is 0 Å². The van der Waals surface area contributed by atoms with Crippen LogP contribution < -0.4 is 9.36 Å². The molecule has 1 unspecified atom stereocenters. The number of fused-ring (bicyclic) bond motifs is 1. The van der Waals surface area contributed by atoms with Crippen molar-refractivity contribution in [2.45, 2.75) is 0 Å². The first-order valence-corrected chi connectivity index (χ1v) is 8.67. The van der Waals surface area contributed by atoms with Gasteiger partial charge in [-0.3, -0.25) is 0 Å². The van der Waals surface area contributed by atoms with Gasteiger partial charge in [-0.05, 0) is 0 Å². The van der Waals surface area contributed by atoms with E-state index in [1.165, 1.54) is 10.1 Å². The zero-order chi connectivity index (χ0) is 9.42. The summed E-state index contributed by atoms with van der Waals surface area (Å²) < 4.78 is 5.69. The summed E-state index contributed by atoms with van der Waals surface area (Å²) in [6, 6.07) is 6.33. The predicted molar refractivity (Wildman–Crippen MR) is 61.5 cm³/mol. The monoisotopic (exact) mass is 280 g/mol. The Morgan fingerprint density at radius 3 is 2.92 bits per heavy atom. The molecule has 0 amide bonds. The zero-order valence-corrected chi connectivity index (χ0v) is 10.6. The maximum atomic E-state index is 5.98. The quantitative estimate of drug-likeness (QED) is 0.713. The van der Waals surface area contributed by atoms with Crippen molar-refractivity contribution in [1.82, 2.24) is 0 Å². The van der Waals surface area contributed by atoms with E-state index in [1.807, 2.05) is 14.1 Å². The summed E-state index contributed by atoms with van der Waals surface area (Å²) in [6.45, 7) is 0. The third-order valence-electron chi connectivity index (χ3n) is 1.79. The van der Waals surface area contributed by atoms with Gasteiger partial charge in [0.2, 0.25) is 0 Å². The standard InChI is InChI=1S/C8H9ClN2SSe/c1-11(2)6-3-4-7-8(5-6)13-12(9)10-7/h3-5H,1-2H3. The van der Waals surface area contributed by atoms with E-state index in [4.69, 9.17) is 10.7 Å². The first kappa shape index (κ1) is 9.53. The fourth-order valence-electron chi connectivity index (χ4n) is 1.09. The van der Waals surface area contributed by atoms with Gasteiger partial charge in [0.15, 0.2) is 0 Å². The van der Waals surface area contributed by atoms with E-state index in [-0.39, 0.29) is 8.32 Å². The van der Waals surface area contributed by atoms with E-state index in [2.05, 4.69) is 27.5 Å². The van der Waals surface area contributed by atoms with Crippen molar-refractivity contribution in [1.29, 1.82) is 0 Å². The predicted octanol–water partition coefficient (Wildman–Crippen LogP) is 1.60. The van der Waals surface area contributed by atoms with Gasteiger partial charge >= 0.3 is 90.2 Å². The molecule has 2 nitrogen and oxygen atoms in total. The molecule has 70 valence electrons. The topological polar surface area (TPSA) is 15.6 Å². The molecule has 0 fully saturated rings. The number of nitrogens with zero attached hydrogens (tertiary/aromatic N) is 2. The van der Waals surface area contributed by atoms with Gasteiger partial charge in [-0.2, -0.15) is 0 Å². The van der Waals surface area contributed by atoms with Crippen LogP contribution in [0.15, 0.2) is 22.6 Å². The number of halogens is 1. The first-order chi connectivity index (χ1) is 6.16. The third kappa shape index (κ3) is 1.91. The van der Waals surface area contributed by atoms with Crippen LogP contribution in [0.25, 0.3) is 0 Å². The Labute approximate surface area is 90.1 Å². The van der Waals surface area contributed by atoms with Crippen LogP contribution in [0.1, 0.15) is 0 Å². The molecule has 0 bridgehead atoms. The molecule has 1 atom stereocenters. The summed E-state index contributed by atoms with van der Waals surface area (Å²) >= 11 is 0.336. The van der Waals surface area contributed by atoms with E-state index >= 15 is 0 Å². The molecular formula is C8H9ClN2SSe. The van der Waals surface area contributed by atoms with Crippen LogP contribution in [0.4, 0.5) is 11.4 Å². The van der Waals surface area contributed by atoms with Gasteiger partial charge in [0.05, 0.1) is 0 Å². The SMILES string of the molecule is CN(C)c1ccc2c(c1)[Se]S(Cl)=N2. The van der Waals surface area contributed by atoms with Crippen LogP contribution in [-0.2, 0) is 8.32 Å². The molecule has 0 spiro atoms. The van der Waals surface area contributed by atoms with Crippen molar-refractivity contribution < 1.29 is 0 Å². The Kier molecular flexibility index (Phi) is 2.65. The molecule has 2 rings (SSSR count). The second kappa shape index (κ2) is 3.62. The normalized spacial score (nSPS) is 19.5. The summed E-state index contributed by atoms with van der Waals surface area (Å²) in [4.78, 5) is 2.10. The summed E-state index contributed by atoms with van der Waals surface area (Å²) in [5.41, 5.74) is 2.32. The molecule has 5 heteroatoms. The molecular weight excluding hydrogens is 271 g/mol. The van der Waals surface area contributed by atoms with E-state index in [9.17, 15) is 0 Å². The first-order valence-electron chi connectivity index (χ1n) is 3.79. The third-order valence-corrected chi connectivity index (χ3v) is 6.79. The minimum atomic E-state index is -0.250. The van der Waals surface area contributed by atoms with Crippen molar-refractivity contribution >= 4 is 48.7 Å². The van der Waals surface area contributed by atoms with Crippen molar-refractivity contribution in [3.05, 3.63) is 18.2 Å². The Balaban J connectivity index is 2.40. The Morgan fingerprint density at radius 1 is 1.46 bits per heavy atom. The molecule has 0 N–H and O–H groups in total. The van der Waals surface area contributed by atoms with Crippen LogP contribution >= 0.6 is 10.7 Å². The van der Waals surface area contributed by atoms with E-state index in [0.29, 0.717) is 13.8 Å². The molecule has 1 aliphatic rings. The van der Waals surface area contributed by atoms with Crippen molar-refractivity contribution in [2.75, 3.05) is 19.0 Å². The molecule has 1 aromatic carbocycles. The fourth-order valence-corrected chi connectivity index (χ4v) is 6.14. The van der Waals surface area contributed by atoms with Crippen LogP contribution in [0.5, 0.6) is 0 Å². The molecule has 1 aromatic rings. The molecule has 0 aliphatic carbocycles. The zero-order valence-electron chi connectivity index (χ0n) is 7.32. The van der Waals surface area contributed by atoms with E-state index < -0.39 is 0 Å². The van der Waals surface area contributed by atoms with Gasteiger partial charge in [0, 0.05) is 0 Å². The van der Waals surface area contributed by atoms with Gasteiger partial charge in [-0.25, -0.2) is 0 Å². The number of anilines is 1. The maximum absolute atomic E-state index is 5.98. The van der Waals surface area contributed by atoms with Crippen molar-refractivity contribution in [3.8, 4) is 0 Å². The van der Waals surface area contributed by atoms with Crippen molar-refractivity contribution in [3.63, 3.8) is 0 Å². The number of benzene rings is 1. The van der Waals surface area contributed by atoms with Gasteiger partial charge in [0.1, 0.15) is 0 Å². The fraction of sp³-hybridized carbons (Fsp3) is 0.250. The second-order valence-corrected chi connectivity index (χ2v) is 9.77. The van der Waals surface area contributed by atoms with Gasteiger partial charge in [-0.15, -0.1) is 0 Å². The molecule has 0 aromatic heterocycles. The summed E-state index contributed by atoms with van der Waals surface area (Å²) in [6.07, 6.45) is 0. The number of rotatable bonds is 1. The molecule has 0 radical (unpaired) electrons. The van der Waals surface area contributed by atoms with Crippen LogP contribution in [0.2, 0.25) is 0 Å².